The van der Waals surface area contributed by atoms with Gasteiger partial charge in [-0.2, -0.15) is 0 Å². The fourth-order valence-corrected chi connectivity index (χ4v) is 2.86. The maximum Gasteiger partial charge on any atom is 0.0233 e. The fourth-order valence-electron chi connectivity index (χ4n) is 2.60. The Hall–Kier alpha value is -0.380. The Morgan fingerprint density at radius 2 is 2.12 bits per heavy atom. The van der Waals surface area contributed by atoms with Crippen LogP contribution in [-0.4, -0.2) is 31.6 Å². The number of halogens is 1. The number of piperidine rings is 1. The molecule has 1 aromatic carbocycles. The lowest BCUT2D eigenvalue weighted by Crippen LogP contribution is -2.38. The molecule has 1 unspecified atom stereocenters. The highest BCUT2D eigenvalue weighted by Crippen LogP contribution is 2.19. The van der Waals surface area contributed by atoms with E-state index in [2.05, 4.69) is 50.4 Å². The van der Waals surface area contributed by atoms with E-state index in [0.717, 1.165) is 23.5 Å². The normalized spacial score (nSPS) is 21.6. The highest BCUT2D eigenvalue weighted by atomic mass is 79.9. The monoisotopic (exact) mass is 296 g/mol. The average molecular weight is 297 g/mol. The van der Waals surface area contributed by atoms with E-state index in [9.17, 15) is 0 Å². The number of hydrogen-bond donors (Lipinski definition) is 1. The van der Waals surface area contributed by atoms with Crippen molar-refractivity contribution >= 4 is 15.9 Å². The van der Waals surface area contributed by atoms with Crippen LogP contribution in [0.1, 0.15) is 18.4 Å². The summed E-state index contributed by atoms with van der Waals surface area (Å²) in [5, 5.41) is 3.30. The minimum absolute atomic E-state index is 0.823. The molecule has 1 aromatic rings. The smallest absolute Gasteiger partial charge is 0.0233 e. The first kappa shape index (κ1) is 13.1. The van der Waals surface area contributed by atoms with Crippen LogP contribution in [0, 0.1) is 5.92 Å². The molecular weight excluding hydrogens is 276 g/mol. The molecule has 17 heavy (non-hydrogen) atoms. The lowest BCUT2D eigenvalue weighted by atomic mass is 9.97. The number of nitrogens with one attached hydrogen (secondary N) is 1. The number of hydrogen-bond acceptors (Lipinski definition) is 2. The quantitative estimate of drug-likeness (QED) is 0.919. The SMILES string of the molecule is CNCC1CCCN(Cc2ccc(Br)cc2)C1. The highest BCUT2D eigenvalue weighted by Gasteiger charge is 2.18. The van der Waals surface area contributed by atoms with Gasteiger partial charge in [0.05, 0.1) is 0 Å². The number of likely N-dealkylation sites (tertiary alicyclic amines) is 1. The van der Waals surface area contributed by atoms with Crippen molar-refractivity contribution in [1.29, 1.82) is 0 Å². The van der Waals surface area contributed by atoms with Gasteiger partial charge in [0.25, 0.3) is 0 Å². The van der Waals surface area contributed by atoms with Crippen LogP contribution >= 0.6 is 15.9 Å². The van der Waals surface area contributed by atoms with Crippen molar-refractivity contribution in [3.63, 3.8) is 0 Å². The molecule has 94 valence electrons. The van der Waals surface area contributed by atoms with E-state index in [1.54, 1.807) is 0 Å². The summed E-state index contributed by atoms with van der Waals surface area (Å²) in [5.74, 6) is 0.823. The molecule has 1 heterocycles. The molecule has 0 amide bonds. The van der Waals surface area contributed by atoms with Crippen LogP contribution in [0.25, 0.3) is 0 Å². The van der Waals surface area contributed by atoms with Crippen molar-refractivity contribution in [2.75, 3.05) is 26.7 Å². The zero-order chi connectivity index (χ0) is 12.1. The molecule has 0 aromatic heterocycles. The van der Waals surface area contributed by atoms with E-state index >= 15 is 0 Å². The molecule has 1 fully saturated rings. The van der Waals surface area contributed by atoms with Crippen LogP contribution in [0.4, 0.5) is 0 Å². The number of rotatable bonds is 4. The Bertz CT molecular complexity index is 335. The Labute approximate surface area is 113 Å². The van der Waals surface area contributed by atoms with E-state index < -0.39 is 0 Å². The van der Waals surface area contributed by atoms with Gasteiger partial charge in [0.15, 0.2) is 0 Å². The van der Waals surface area contributed by atoms with Crippen LogP contribution in [0.2, 0.25) is 0 Å². The van der Waals surface area contributed by atoms with Gasteiger partial charge < -0.3 is 5.32 Å². The summed E-state index contributed by atoms with van der Waals surface area (Å²) in [6.07, 6.45) is 2.71. The van der Waals surface area contributed by atoms with Gasteiger partial charge in [-0.3, -0.25) is 4.90 Å². The molecule has 0 spiro atoms. The van der Waals surface area contributed by atoms with E-state index in [1.165, 1.54) is 31.5 Å². The summed E-state index contributed by atoms with van der Waals surface area (Å²) in [5.41, 5.74) is 1.42. The van der Waals surface area contributed by atoms with Gasteiger partial charge >= 0.3 is 0 Å². The summed E-state index contributed by atoms with van der Waals surface area (Å²) in [6.45, 7) is 4.72. The predicted octanol–water partition coefficient (Wildman–Crippen LogP) is 2.88. The summed E-state index contributed by atoms with van der Waals surface area (Å²) in [4.78, 5) is 2.58. The Kier molecular flexibility index (Phi) is 5.01. The summed E-state index contributed by atoms with van der Waals surface area (Å²) in [7, 11) is 2.05. The van der Waals surface area contributed by atoms with Gasteiger partial charge in [0.2, 0.25) is 0 Å². The second kappa shape index (κ2) is 6.53. The van der Waals surface area contributed by atoms with Crippen molar-refractivity contribution < 1.29 is 0 Å². The topological polar surface area (TPSA) is 15.3 Å². The molecule has 2 nitrogen and oxygen atoms in total. The zero-order valence-corrected chi connectivity index (χ0v) is 12.0. The first-order valence-electron chi connectivity index (χ1n) is 6.39. The first-order valence-corrected chi connectivity index (χ1v) is 7.18. The lowest BCUT2D eigenvalue weighted by Gasteiger charge is -2.32. The second-order valence-corrected chi connectivity index (χ2v) is 5.84. The molecule has 0 saturated carbocycles. The molecule has 1 aliphatic heterocycles. The summed E-state index contributed by atoms with van der Waals surface area (Å²) >= 11 is 3.48. The molecule has 3 heteroatoms. The second-order valence-electron chi connectivity index (χ2n) is 4.93. The van der Waals surface area contributed by atoms with E-state index in [-0.39, 0.29) is 0 Å². The fraction of sp³-hybridized carbons (Fsp3) is 0.571. The molecule has 2 rings (SSSR count). The maximum absolute atomic E-state index is 3.48. The molecule has 1 N–H and O–H groups in total. The number of nitrogens with zero attached hydrogens (tertiary/aromatic N) is 1. The van der Waals surface area contributed by atoms with Crippen LogP contribution in [-0.2, 0) is 6.54 Å². The van der Waals surface area contributed by atoms with Crippen molar-refractivity contribution in [2.45, 2.75) is 19.4 Å². The maximum atomic E-state index is 3.48. The van der Waals surface area contributed by atoms with Gasteiger partial charge in [0, 0.05) is 17.6 Å². The van der Waals surface area contributed by atoms with Crippen LogP contribution in [0.15, 0.2) is 28.7 Å². The molecule has 0 radical (unpaired) electrons. The van der Waals surface area contributed by atoms with Gasteiger partial charge in [-0.1, -0.05) is 28.1 Å². The predicted molar refractivity (Wildman–Crippen MR) is 76.1 cm³/mol. The molecule has 1 atom stereocenters. The molecule has 0 bridgehead atoms. The largest absolute Gasteiger partial charge is 0.319 e. The van der Waals surface area contributed by atoms with Gasteiger partial charge in [0.1, 0.15) is 0 Å². The van der Waals surface area contributed by atoms with E-state index in [4.69, 9.17) is 0 Å². The van der Waals surface area contributed by atoms with Crippen LogP contribution in [0.5, 0.6) is 0 Å². The average Bonchev–Trinajstić information content (AvgIpc) is 2.33. The van der Waals surface area contributed by atoms with Crippen molar-refractivity contribution in [2.24, 2.45) is 5.92 Å². The van der Waals surface area contributed by atoms with E-state index in [0.29, 0.717) is 0 Å². The van der Waals surface area contributed by atoms with Gasteiger partial charge in [-0.25, -0.2) is 0 Å². The van der Waals surface area contributed by atoms with Crippen molar-refractivity contribution in [1.82, 2.24) is 10.2 Å². The molecular formula is C14H21BrN2. The Morgan fingerprint density at radius 3 is 2.82 bits per heavy atom. The number of benzene rings is 1. The molecule has 1 aliphatic rings. The minimum atomic E-state index is 0.823. The standard InChI is InChI=1S/C14H21BrN2/c1-16-9-13-3-2-8-17(11-13)10-12-4-6-14(15)7-5-12/h4-7,13,16H,2-3,8-11H2,1H3. The zero-order valence-electron chi connectivity index (χ0n) is 10.5. The summed E-state index contributed by atoms with van der Waals surface area (Å²) in [6, 6.07) is 8.69. The highest BCUT2D eigenvalue weighted by molar-refractivity contribution is 9.10. The third-order valence-electron chi connectivity index (χ3n) is 3.42. The molecule has 1 saturated heterocycles. The third-order valence-corrected chi connectivity index (χ3v) is 3.94. The van der Waals surface area contributed by atoms with Crippen molar-refractivity contribution in [3.05, 3.63) is 34.3 Å². The third kappa shape index (κ3) is 4.09. The van der Waals surface area contributed by atoms with Crippen LogP contribution in [0.3, 0.4) is 0 Å². The van der Waals surface area contributed by atoms with Crippen molar-refractivity contribution in [3.8, 4) is 0 Å². The lowest BCUT2D eigenvalue weighted by molar-refractivity contribution is 0.167. The van der Waals surface area contributed by atoms with Crippen LogP contribution < -0.4 is 5.32 Å². The van der Waals surface area contributed by atoms with E-state index in [1.807, 2.05) is 7.05 Å². The van der Waals surface area contributed by atoms with Gasteiger partial charge in [-0.05, 0) is 56.6 Å². The first-order chi connectivity index (χ1) is 8.28. The minimum Gasteiger partial charge on any atom is -0.319 e. The van der Waals surface area contributed by atoms with Gasteiger partial charge in [-0.15, -0.1) is 0 Å². The Morgan fingerprint density at radius 1 is 1.35 bits per heavy atom. The Balaban J connectivity index is 1.87. The summed E-state index contributed by atoms with van der Waals surface area (Å²) < 4.78 is 1.16. The molecule has 0 aliphatic carbocycles.